The molecule has 0 heterocycles. The summed E-state index contributed by atoms with van der Waals surface area (Å²) < 4.78 is 81.9. The lowest BCUT2D eigenvalue weighted by atomic mass is 10.2. The van der Waals surface area contributed by atoms with Crippen LogP contribution in [0.1, 0.15) is 26.3 Å². The molecule has 0 saturated heterocycles. The normalized spacial score (nSPS) is 12.7. The van der Waals surface area contributed by atoms with Gasteiger partial charge in [-0.05, 0) is 25.1 Å². The number of aliphatic imine (C=N–C) groups is 1. The zero-order valence-electron chi connectivity index (χ0n) is 12.7. The van der Waals surface area contributed by atoms with Crippen molar-refractivity contribution in [3.8, 4) is 0 Å². The number of hydrogen-bond donors (Lipinski definition) is 0. The van der Waals surface area contributed by atoms with Crippen LogP contribution in [0.3, 0.4) is 0 Å². The van der Waals surface area contributed by atoms with Gasteiger partial charge in [-0.25, -0.2) is 4.99 Å². The van der Waals surface area contributed by atoms with Gasteiger partial charge in [0.05, 0.1) is 17.9 Å². The molecule has 0 atom stereocenters. The summed E-state index contributed by atoms with van der Waals surface area (Å²) in [4.78, 5) is 4.12. The molecule has 0 aliphatic heterocycles. The summed E-state index contributed by atoms with van der Waals surface area (Å²) in [6, 6.07) is 4.90. The number of nitrogens with zero attached hydrogens (tertiary/aromatic N) is 1. The monoisotopic (exact) mass is 346 g/mol. The Hall–Kier alpha value is -1.74. The highest BCUT2D eigenvalue weighted by atomic mass is 19.5. The van der Waals surface area contributed by atoms with Crippen LogP contribution in [-0.4, -0.2) is 19.8 Å². The van der Waals surface area contributed by atoms with E-state index in [9.17, 15) is 30.4 Å². The molecular weight excluding hydrogens is 330 g/mol. The topological polar surface area (TPSA) is 21.6 Å². The molecular formula is C13H16BF7NO-. The van der Waals surface area contributed by atoms with E-state index in [1.54, 1.807) is 0 Å². The molecule has 132 valence electrons. The molecule has 23 heavy (non-hydrogen) atoms. The Labute approximate surface area is 129 Å². The lowest BCUT2D eigenvalue weighted by molar-refractivity contribution is -0.137. The van der Waals surface area contributed by atoms with E-state index in [1.807, 2.05) is 20.8 Å². The number of alkyl halides is 3. The molecule has 0 saturated carbocycles. The highest BCUT2D eigenvalue weighted by molar-refractivity contribution is 6.50. The van der Waals surface area contributed by atoms with Crippen LogP contribution in [0.2, 0.25) is 0 Å². The zero-order chi connectivity index (χ0) is 18.3. The Morgan fingerprint density at radius 3 is 2.09 bits per heavy atom. The molecule has 1 aromatic rings. The predicted molar refractivity (Wildman–Crippen MR) is 75.2 cm³/mol. The van der Waals surface area contributed by atoms with Crippen molar-refractivity contribution in [3.63, 3.8) is 0 Å². The van der Waals surface area contributed by atoms with Crippen molar-refractivity contribution in [2.45, 2.75) is 26.9 Å². The Balaban J connectivity index is 0.000000841. The summed E-state index contributed by atoms with van der Waals surface area (Å²) in [5.41, 5.74) is -0.453. The molecule has 1 aromatic carbocycles. The SMILES string of the molecule is CCOC(=Nc1cccc(C(F)(F)F)c1)C(C)C.F[B-](F)(F)F. The van der Waals surface area contributed by atoms with Crippen molar-refractivity contribution in [1.29, 1.82) is 0 Å². The van der Waals surface area contributed by atoms with Gasteiger partial charge in [-0.15, -0.1) is 0 Å². The first-order valence-electron chi connectivity index (χ1n) is 6.60. The van der Waals surface area contributed by atoms with Crippen LogP contribution in [0.5, 0.6) is 0 Å². The number of ether oxygens (including phenoxy) is 1. The average molecular weight is 346 g/mol. The van der Waals surface area contributed by atoms with E-state index >= 15 is 0 Å². The molecule has 0 amide bonds. The van der Waals surface area contributed by atoms with E-state index in [0.717, 1.165) is 12.1 Å². The second-order valence-corrected chi connectivity index (χ2v) is 4.58. The molecule has 0 N–H and O–H groups in total. The first-order valence-corrected chi connectivity index (χ1v) is 6.60. The van der Waals surface area contributed by atoms with Crippen LogP contribution in [0, 0.1) is 5.92 Å². The second kappa shape index (κ2) is 8.78. The van der Waals surface area contributed by atoms with Crippen LogP contribution in [-0.2, 0) is 10.9 Å². The van der Waals surface area contributed by atoms with Gasteiger partial charge in [0.2, 0.25) is 0 Å². The summed E-state index contributed by atoms with van der Waals surface area (Å²) in [5.74, 6) is 0.469. The highest BCUT2D eigenvalue weighted by Crippen LogP contribution is 2.31. The smallest absolute Gasteiger partial charge is 0.481 e. The van der Waals surface area contributed by atoms with Crippen molar-refractivity contribution >= 4 is 18.8 Å². The Morgan fingerprint density at radius 1 is 1.17 bits per heavy atom. The largest absolute Gasteiger partial charge is 0.673 e. The van der Waals surface area contributed by atoms with Gasteiger partial charge in [-0.1, -0.05) is 19.9 Å². The summed E-state index contributed by atoms with van der Waals surface area (Å²) in [6.07, 6.45) is -4.35. The molecule has 0 fully saturated rings. The maximum absolute atomic E-state index is 12.5. The lowest BCUT2D eigenvalue weighted by Crippen LogP contribution is -2.12. The molecule has 0 aromatic heterocycles. The maximum atomic E-state index is 12.5. The Kier molecular flexibility index (Phi) is 8.12. The molecule has 0 aliphatic carbocycles. The molecule has 10 heteroatoms. The molecule has 1 rings (SSSR count). The third kappa shape index (κ3) is 10.6. The molecule has 0 spiro atoms. The number of rotatable bonds is 3. The van der Waals surface area contributed by atoms with Gasteiger partial charge >= 0.3 is 13.4 Å². The van der Waals surface area contributed by atoms with Gasteiger partial charge in [-0.2, -0.15) is 13.2 Å². The summed E-state index contributed by atoms with van der Waals surface area (Å²) in [7, 11) is -6.00. The van der Waals surface area contributed by atoms with E-state index in [-0.39, 0.29) is 11.6 Å². The van der Waals surface area contributed by atoms with E-state index in [4.69, 9.17) is 4.74 Å². The minimum absolute atomic E-state index is 0.0273. The molecule has 0 aliphatic rings. The quantitative estimate of drug-likeness (QED) is 0.297. The Bertz CT molecular complexity index is 506. The fourth-order valence-corrected chi connectivity index (χ4v) is 1.35. The van der Waals surface area contributed by atoms with Crippen LogP contribution >= 0.6 is 0 Å². The number of halogens is 7. The van der Waals surface area contributed by atoms with Crippen molar-refractivity contribution < 1.29 is 35.2 Å². The van der Waals surface area contributed by atoms with Gasteiger partial charge in [0.1, 0.15) is 0 Å². The highest BCUT2D eigenvalue weighted by Gasteiger charge is 2.30. The number of hydrogen-bond acceptors (Lipinski definition) is 2. The van der Waals surface area contributed by atoms with Crippen molar-refractivity contribution in [2.75, 3.05) is 6.61 Å². The van der Waals surface area contributed by atoms with Gasteiger partial charge < -0.3 is 22.0 Å². The zero-order valence-corrected chi connectivity index (χ0v) is 12.7. The average Bonchev–Trinajstić information content (AvgIpc) is 2.35. The van der Waals surface area contributed by atoms with E-state index in [1.165, 1.54) is 12.1 Å². The number of benzene rings is 1. The van der Waals surface area contributed by atoms with E-state index in [0.29, 0.717) is 12.5 Å². The van der Waals surface area contributed by atoms with Crippen LogP contribution in [0.25, 0.3) is 0 Å². The third-order valence-electron chi connectivity index (χ3n) is 2.20. The summed E-state index contributed by atoms with van der Waals surface area (Å²) in [6.45, 7) is 6.00. The van der Waals surface area contributed by atoms with Crippen LogP contribution in [0.15, 0.2) is 29.3 Å². The molecule has 0 bridgehead atoms. The Morgan fingerprint density at radius 2 is 1.70 bits per heavy atom. The van der Waals surface area contributed by atoms with Gasteiger partial charge in [0.15, 0.2) is 5.90 Å². The fraction of sp³-hybridized carbons (Fsp3) is 0.462. The minimum atomic E-state index is -6.00. The van der Waals surface area contributed by atoms with Crippen molar-refractivity contribution in [3.05, 3.63) is 29.8 Å². The van der Waals surface area contributed by atoms with Crippen molar-refractivity contribution in [1.82, 2.24) is 0 Å². The van der Waals surface area contributed by atoms with Crippen LogP contribution in [0.4, 0.5) is 36.1 Å². The first kappa shape index (κ1) is 21.3. The molecule has 0 unspecified atom stereocenters. The minimum Gasteiger partial charge on any atom is -0.481 e. The first-order chi connectivity index (χ1) is 10.3. The van der Waals surface area contributed by atoms with Gasteiger partial charge in [-0.3, -0.25) is 0 Å². The van der Waals surface area contributed by atoms with Crippen LogP contribution < -0.4 is 0 Å². The summed E-state index contributed by atoms with van der Waals surface area (Å²) >= 11 is 0. The molecule has 0 radical (unpaired) electrons. The lowest BCUT2D eigenvalue weighted by Gasteiger charge is -2.11. The fourth-order valence-electron chi connectivity index (χ4n) is 1.35. The second-order valence-electron chi connectivity index (χ2n) is 4.58. The van der Waals surface area contributed by atoms with E-state index < -0.39 is 19.0 Å². The summed E-state index contributed by atoms with van der Waals surface area (Å²) in [5, 5.41) is 0. The van der Waals surface area contributed by atoms with E-state index in [2.05, 4.69) is 4.99 Å². The standard InChI is InChI=1S/C13H16F3NO.BF4/c1-4-18-12(9(2)3)17-11-7-5-6-10(8-11)13(14,15)16;2-1(3,4)5/h5-9H,4H2,1-3H3;/q;-1. The van der Waals surface area contributed by atoms with Gasteiger partial charge in [0.25, 0.3) is 0 Å². The predicted octanol–water partition coefficient (Wildman–Crippen LogP) is 5.73. The maximum Gasteiger partial charge on any atom is 0.673 e. The molecule has 2 nitrogen and oxygen atoms in total. The third-order valence-corrected chi connectivity index (χ3v) is 2.20. The van der Waals surface area contributed by atoms with Crippen molar-refractivity contribution in [2.24, 2.45) is 10.9 Å². The van der Waals surface area contributed by atoms with Gasteiger partial charge in [0, 0.05) is 5.92 Å².